The van der Waals surface area contributed by atoms with Crippen molar-refractivity contribution < 1.29 is 9.59 Å². The van der Waals surface area contributed by atoms with E-state index in [2.05, 4.69) is 21.2 Å². The summed E-state index contributed by atoms with van der Waals surface area (Å²) in [6, 6.07) is 11.3. The molecule has 0 spiro atoms. The highest BCUT2D eigenvalue weighted by Crippen LogP contribution is 2.24. The fourth-order valence-electron chi connectivity index (χ4n) is 1.75. The molecule has 2 aromatic carbocycles. The topological polar surface area (TPSA) is 46.2 Å². The van der Waals surface area contributed by atoms with E-state index in [1.807, 2.05) is 0 Å². The van der Waals surface area contributed by atoms with Crippen LogP contribution in [0.4, 0.5) is 5.69 Å². The summed E-state index contributed by atoms with van der Waals surface area (Å²) in [6.07, 6.45) is 0. The van der Waals surface area contributed by atoms with Crippen LogP contribution in [0.3, 0.4) is 0 Å². The summed E-state index contributed by atoms with van der Waals surface area (Å²) in [4.78, 5) is 24.0. The number of halogens is 3. The minimum absolute atomic E-state index is 0.143. The Hall–Kier alpha value is -1.36. The fourth-order valence-corrected chi connectivity index (χ4v) is 2.19. The fraction of sp³-hybridized carbons (Fsp3) is 0.0667. The Morgan fingerprint density at radius 2 is 1.62 bits per heavy atom. The molecule has 0 aliphatic heterocycles. The van der Waals surface area contributed by atoms with E-state index in [-0.39, 0.29) is 17.0 Å². The van der Waals surface area contributed by atoms with Crippen molar-refractivity contribution in [3.8, 4) is 0 Å². The van der Waals surface area contributed by atoms with Gasteiger partial charge in [-0.2, -0.15) is 0 Å². The maximum Gasteiger partial charge on any atom is 0.235 e. The van der Waals surface area contributed by atoms with Gasteiger partial charge in [-0.15, -0.1) is 0 Å². The summed E-state index contributed by atoms with van der Waals surface area (Å²) in [6.45, 7) is 0. The third kappa shape index (κ3) is 4.06. The van der Waals surface area contributed by atoms with Crippen molar-refractivity contribution in [2.75, 3.05) is 10.6 Å². The molecule has 0 unspecified atom stereocenters. The quantitative estimate of drug-likeness (QED) is 0.618. The van der Waals surface area contributed by atoms with Crippen LogP contribution < -0.4 is 5.32 Å². The number of carbonyl (C=O) groups excluding carboxylic acids is 2. The molecular formula is C15H10BrCl2NO2. The van der Waals surface area contributed by atoms with E-state index in [9.17, 15) is 9.59 Å². The number of hydrogen-bond acceptors (Lipinski definition) is 2. The maximum absolute atomic E-state index is 12.5. The van der Waals surface area contributed by atoms with Crippen molar-refractivity contribution in [3.63, 3.8) is 0 Å². The van der Waals surface area contributed by atoms with Crippen LogP contribution in [0.15, 0.2) is 42.5 Å². The first-order valence-electron chi connectivity index (χ1n) is 5.97. The largest absolute Gasteiger partial charge is 0.325 e. The molecule has 108 valence electrons. The number of benzene rings is 2. The highest BCUT2D eigenvalue weighted by molar-refractivity contribution is 9.09. The second-order valence-corrected chi connectivity index (χ2v) is 5.64. The lowest BCUT2D eigenvalue weighted by atomic mass is 10.0. The van der Waals surface area contributed by atoms with Crippen LogP contribution in [0.25, 0.3) is 0 Å². The standard InChI is InChI=1S/C15H10BrCl2NO2/c16-8-14(20)19-13-6-5-11(18)7-12(13)15(21)9-1-3-10(17)4-2-9/h1-7H,8H2,(H,19,20). The molecule has 21 heavy (non-hydrogen) atoms. The number of nitrogens with one attached hydrogen (secondary N) is 1. The molecule has 0 aliphatic carbocycles. The lowest BCUT2D eigenvalue weighted by molar-refractivity contribution is -0.113. The molecule has 3 nitrogen and oxygen atoms in total. The van der Waals surface area contributed by atoms with Crippen molar-refractivity contribution in [1.29, 1.82) is 0 Å². The zero-order valence-electron chi connectivity index (χ0n) is 10.7. The van der Waals surface area contributed by atoms with Gasteiger partial charge in [-0.05, 0) is 42.5 Å². The minimum atomic E-state index is -0.248. The van der Waals surface area contributed by atoms with Gasteiger partial charge >= 0.3 is 0 Å². The Labute approximate surface area is 140 Å². The van der Waals surface area contributed by atoms with E-state index in [0.29, 0.717) is 26.9 Å². The average Bonchev–Trinajstić information content (AvgIpc) is 2.49. The molecule has 0 bridgehead atoms. The van der Waals surface area contributed by atoms with E-state index in [0.717, 1.165) is 0 Å². The Bertz CT molecular complexity index is 687. The molecule has 0 saturated heterocycles. The molecular weight excluding hydrogens is 377 g/mol. The smallest absolute Gasteiger partial charge is 0.235 e. The van der Waals surface area contributed by atoms with Crippen LogP contribution in [0.1, 0.15) is 15.9 Å². The van der Waals surface area contributed by atoms with Crippen LogP contribution in [0, 0.1) is 0 Å². The van der Waals surface area contributed by atoms with Crippen LogP contribution >= 0.6 is 39.1 Å². The Morgan fingerprint density at radius 3 is 2.24 bits per heavy atom. The summed E-state index contributed by atoms with van der Waals surface area (Å²) < 4.78 is 0. The predicted molar refractivity (Wildman–Crippen MR) is 88.8 cm³/mol. The number of amides is 1. The first kappa shape index (κ1) is 16.0. The first-order valence-corrected chi connectivity index (χ1v) is 7.84. The summed E-state index contributed by atoms with van der Waals surface area (Å²) in [5.41, 5.74) is 1.22. The van der Waals surface area contributed by atoms with Crippen molar-refractivity contribution >= 4 is 56.5 Å². The van der Waals surface area contributed by atoms with E-state index < -0.39 is 0 Å². The highest BCUT2D eigenvalue weighted by Gasteiger charge is 2.15. The van der Waals surface area contributed by atoms with Gasteiger partial charge in [-0.25, -0.2) is 0 Å². The first-order chi connectivity index (χ1) is 10.0. The summed E-state index contributed by atoms with van der Waals surface area (Å²) in [5.74, 6) is -0.485. The van der Waals surface area contributed by atoms with E-state index in [4.69, 9.17) is 23.2 Å². The minimum Gasteiger partial charge on any atom is -0.325 e. The van der Waals surface area contributed by atoms with Crippen LogP contribution in [0.2, 0.25) is 10.0 Å². The van der Waals surface area contributed by atoms with Crippen molar-refractivity contribution in [1.82, 2.24) is 0 Å². The average molecular weight is 387 g/mol. The number of carbonyl (C=O) groups is 2. The Balaban J connectivity index is 2.41. The van der Waals surface area contributed by atoms with Gasteiger partial charge in [0.15, 0.2) is 5.78 Å². The number of hydrogen-bond donors (Lipinski definition) is 1. The zero-order chi connectivity index (χ0) is 15.4. The molecule has 0 atom stereocenters. The monoisotopic (exact) mass is 385 g/mol. The van der Waals surface area contributed by atoms with Gasteiger partial charge in [0, 0.05) is 21.2 Å². The van der Waals surface area contributed by atoms with Gasteiger partial charge < -0.3 is 5.32 Å². The number of rotatable bonds is 4. The molecule has 1 N–H and O–H groups in total. The summed E-state index contributed by atoms with van der Waals surface area (Å²) >= 11 is 14.8. The van der Waals surface area contributed by atoms with Gasteiger partial charge in [0.1, 0.15) is 0 Å². The van der Waals surface area contributed by atoms with E-state index >= 15 is 0 Å². The van der Waals surface area contributed by atoms with Crippen LogP contribution in [-0.2, 0) is 4.79 Å². The third-order valence-corrected chi connectivity index (χ3v) is 3.72. The number of alkyl halides is 1. The zero-order valence-corrected chi connectivity index (χ0v) is 13.8. The maximum atomic E-state index is 12.5. The van der Waals surface area contributed by atoms with Crippen molar-refractivity contribution in [3.05, 3.63) is 63.6 Å². The lowest BCUT2D eigenvalue weighted by Crippen LogP contribution is -2.15. The molecule has 6 heteroatoms. The molecule has 0 fully saturated rings. The molecule has 0 aromatic heterocycles. The Morgan fingerprint density at radius 1 is 1.00 bits per heavy atom. The second kappa shape index (κ2) is 7.07. The van der Waals surface area contributed by atoms with E-state index in [1.165, 1.54) is 6.07 Å². The molecule has 2 aromatic rings. The lowest BCUT2D eigenvalue weighted by Gasteiger charge is -2.10. The molecule has 2 rings (SSSR count). The van der Waals surface area contributed by atoms with Gasteiger partial charge in [0.2, 0.25) is 5.91 Å². The second-order valence-electron chi connectivity index (χ2n) is 4.21. The van der Waals surface area contributed by atoms with Crippen molar-refractivity contribution in [2.24, 2.45) is 0 Å². The highest BCUT2D eigenvalue weighted by atomic mass is 79.9. The predicted octanol–water partition coefficient (Wildman–Crippen LogP) is 4.56. The van der Waals surface area contributed by atoms with Gasteiger partial charge in [0.25, 0.3) is 0 Å². The van der Waals surface area contributed by atoms with Crippen LogP contribution in [-0.4, -0.2) is 17.0 Å². The molecule has 1 amide bonds. The molecule has 0 aliphatic rings. The number of ketones is 1. The summed E-state index contributed by atoms with van der Waals surface area (Å²) in [5, 5.41) is 3.77. The van der Waals surface area contributed by atoms with Gasteiger partial charge in [-0.1, -0.05) is 39.1 Å². The van der Waals surface area contributed by atoms with E-state index in [1.54, 1.807) is 36.4 Å². The number of anilines is 1. The Kier molecular flexibility index (Phi) is 5.39. The SMILES string of the molecule is O=C(CBr)Nc1ccc(Cl)cc1C(=O)c1ccc(Cl)cc1. The molecule has 0 heterocycles. The molecule has 0 saturated carbocycles. The van der Waals surface area contributed by atoms with Crippen LogP contribution in [0.5, 0.6) is 0 Å². The normalized spacial score (nSPS) is 10.2. The van der Waals surface area contributed by atoms with Gasteiger partial charge in [0.05, 0.1) is 11.0 Å². The molecule has 0 radical (unpaired) electrons. The van der Waals surface area contributed by atoms with Crippen molar-refractivity contribution in [2.45, 2.75) is 0 Å². The third-order valence-electron chi connectivity index (χ3n) is 2.73. The summed E-state index contributed by atoms with van der Waals surface area (Å²) in [7, 11) is 0. The van der Waals surface area contributed by atoms with Gasteiger partial charge in [-0.3, -0.25) is 9.59 Å².